The van der Waals surface area contributed by atoms with E-state index in [9.17, 15) is 4.79 Å². The van der Waals surface area contributed by atoms with E-state index in [0.29, 0.717) is 0 Å². The van der Waals surface area contributed by atoms with Gasteiger partial charge in [-0.05, 0) is 13.8 Å². The zero-order valence-corrected chi connectivity index (χ0v) is 10.0. The first kappa shape index (κ1) is 13.4. The molecule has 1 fully saturated rings. The van der Waals surface area contributed by atoms with Gasteiger partial charge in [0.05, 0.1) is 13.7 Å². The van der Waals surface area contributed by atoms with Gasteiger partial charge in [0.1, 0.15) is 12.9 Å². The highest BCUT2D eigenvalue weighted by atomic mass is 16.8. The zero-order chi connectivity index (χ0) is 12.2. The number of esters is 1. The fraction of sp³-hybridized carbons (Fsp3) is 0.900. The number of methoxy groups -OCH3 is 2. The molecule has 0 aromatic rings. The molecule has 0 N–H and O–H groups in total. The lowest BCUT2D eigenvalue weighted by Gasteiger charge is -2.16. The van der Waals surface area contributed by atoms with Crippen LogP contribution in [0.25, 0.3) is 0 Å². The third-order valence-electron chi connectivity index (χ3n) is 2.10. The van der Waals surface area contributed by atoms with Gasteiger partial charge in [-0.2, -0.15) is 0 Å². The molecule has 1 rings (SSSR count). The molecule has 0 spiro atoms. The van der Waals surface area contributed by atoms with Crippen molar-refractivity contribution in [2.45, 2.75) is 31.8 Å². The minimum atomic E-state index is -0.806. The fourth-order valence-electron chi connectivity index (χ4n) is 1.52. The van der Waals surface area contributed by atoms with Crippen molar-refractivity contribution in [2.75, 3.05) is 27.6 Å². The normalized spacial score (nSPS) is 28.0. The maximum absolute atomic E-state index is 11.4. The van der Waals surface area contributed by atoms with Crippen LogP contribution < -0.4 is 0 Å². The van der Waals surface area contributed by atoms with Crippen molar-refractivity contribution >= 4 is 5.97 Å². The predicted molar refractivity (Wildman–Crippen MR) is 53.7 cm³/mol. The summed E-state index contributed by atoms with van der Waals surface area (Å²) >= 11 is 0. The summed E-state index contributed by atoms with van der Waals surface area (Å²) < 4.78 is 25.5. The van der Waals surface area contributed by atoms with Gasteiger partial charge in [0.15, 0.2) is 11.9 Å². The van der Waals surface area contributed by atoms with Gasteiger partial charge in [0, 0.05) is 7.11 Å². The summed E-state index contributed by atoms with van der Waals surface area (Å²) in [6, 6.07) is 0. The highest BCUT2D eigenvalue weighted by molar-refractivity contribution is 5.75. The lowest BCUT2D eigenvalue weighted by Crippen LogP contribution is -2.35. The van der Waals surface area contributed by atoms with Crippen LogP contribution in [0.1, 0.15) is 13.8 Å². The van der Waals surface area contributed by atoms with E-state index in [4.69, 9.17) is 18.9 Å². The molecule has 1 heterocycles. The monoisotopic (exact) mass is 234 g/mol. The standard InChI is InChI=1S/C10H18O6/c1-10(2)15-7(5-14-6-12-3)8(16-10)9(11)13-4/h7-8H,5-6H2,1-4H3/t7-,8+/m0/s1. The lowest BCUT2D eigenvalue weighted by molar-refractivity contribution is -0.169. The largest absolute Gasteiger partial charge is 0.467 e. The first-order valence-corrected chi connectivity index (χ1v) is 5.00. The molecular weight excluding hydrogens is 216 g/mol. The molecule has 1 saturated heterocycles. The molecule has 2 atom stereocenters. The molecule has 1 aliphatic heterocycles. The van der Waals surface area contributed by atoms with Gasteiger partial charge in [-0.25, -0.2) is 4.79 Å². The summed E-state index contributed by atoms with van der Waals surface area (Å²) in [6.07, 6.45) is -1.23. The van der Waals surface area contributed by atoms with Gasteiger partial charge in [-0.15, -0.1) is 0 Å². The Kier molecular flexibility index (Phi) is 4.67. The van der Waals surface area contributed by atoms with E-state index in [1.807, 2.05) is 0 Å². The molecule has 6 nitrogen and oxygen atoms in total. The first-order chi connectivity index (χ1) is 7.50. The Morgan fingerprint density at radius 1 is 1.31 bits per heavy atom. The molecule has 0 aromatic carbocycles. The number of ether oxygens (including phenoxy) is 5. The highest BCUT2D eigenvalue weighted by Crippen LogP contribution is 2.28. The van der Waals surface area contributed by atoms with E-state index < -0.39 is 24.0 Å². The molecule has 0 aliphatic carbocycles. The number of carbonyl (C=O) groups is 1. The van der Waals surface area contributed by atoms with Crippen LogP contribution in [-0.2, 0) is 28.5 Å². The SMILES string of the molecule is COCOC[C@@H]1OC(C)(C)O[C@H]1C(=O)OC. The van der Waals surface area contributed by atoms with Gasteiger partial charge in [0.2, 0.25) is 0 Å². The predicted octanol–water partition coefficient (Wildman–Crippen LogP) is 0.300. The van der Waals surface area contributed by atoms with Crippen LogP contribution in [0.15, 0.2) is 0 Å². The lowest BCUT2D eigenvalue weighted by atomic mass is 10.2. The Morgan fingerprint density at radius 2 is 2.00 bits per heavy atom. The van der Waals surface area contributed by atoms with Crippen LogP contribution in [0.5, 0.6) is 0 Å². The van der Waals surface area contributed by atoms with E-state index in [-0.39, 0.29) is 13.4 Å². The average molecular weight is 234 g/mol. The summed E-state index contributed by atoms with van der Waals surface area (Å²) in [5.74, 6) is -1.27. The van der Waals surface area contributed by atoms with Crippen molar-refractivity contribution < 1.29 is 28.5 Å². The van der Waals surface area contributed by atoms with Crippen molar-refractivity contribution in [3.8, 4) is 0 Å². The number of hydrogen-bond acceptors (Lipinski definition) is 6. The summed E-state index contributed by atoms with van der Waals surface area (Å²) in [5, 5.41) is 0. The average Bonchev–Trinajstić information content (AvgIpc) is 2.53. The van der Waals surface area contributed by atoms with Gasteiger partial charge in [-0.3, -0.25) is 0 Å². The molecule has 0 saturated carbocycles. The van der Waals surface area contributed by atoms with Crippen molar-refractivity contribution in [2.24, 2.45) is 0 Å². The van der Waals surface area contributed by atoms with Crippen molar-refractivity contribution in [3.05, 3.63) is 0 Å². The number of carbonyl (C=O) groups excluding carboxylic acids is 1. The van der Waals surface area contributed by atoms with E-state index in [1.54, 1.807) is 13.8 Å². The fourth-order valence-corrected chi connectivity index (χ4v) is 1.52. The molecule has 0 radical (unpaired) electrons. The second kappa shape index (κ2) is 5.58. The van der Waals surface area contributed by atoms with Crippen LogP contribution in [0.4, 0.5) is 0 Å². The van der Waals surface area contributed by atoms with Crippen LogP contribution in [0.3, 0.4) is 0 Å². The number of hydrogen-bond donors (Lipinski definition) is 0. The maximum atomic E-state index is 11.4. The number of rotatable bonds is 5. The van der Waals surface area contributed by atoms with Crippen molar-refractivity contribution in [1.82, 2.24) is 0 Å². The Bertz CT molecular complexity index is 239. The van der Waals surface area contributed by atoms with Crippen molar-refractivity contribution in [1.29, 1.82) is 0 Å². The van der Waals surface area contributed by atoms with Gasteiger partial charge in [-0.1, -0.05) is 0 Å². The van der Waals surface area contributed by atoms with E-state index in [1.165, 1.54) is 14.2 Å². The Hall–Kier alpha value is -0.690. The minimum absolute atomic E-state index is 0.147. The smallest absolute Gasteiger partial charge is 0.337 e. The van der Waals surface area contributed by atoms with Gasteiger partial charge in [0.25, 0.3) is 0 Å². The van der Waals surface area contributed by atoms with Crippen LogP contribution in [0.2, 0.25) is 0 Å². The Labute approximate surface area is 94.7 Å². The molecule has 0 bridgehead atoms. The summed E-state index contributed by atoms with van der Waals surface area (Å²) in [5.41, 5.74) is 0. The van der Waals surface area contributed by atoms with Crippen LogP contribution in [-0.4, -0.2) is 51.6 Å². The second-order valence-corrected chi connectivity index (χ2v) is 3.90. The van der Waals surface area contributed by atoms with Gasteiger partial charge < -0.3 is 23.7 Å². The molecule has 0 aromatic heterocycles. The molecule has 6 heteroatoms. The molecular formula is C10H18O6. The van der Waals surface area contributed by atoms with E-state index in [0.717, 1.165) is 0 Å². The third kappa shape index (κ3) is 3.41. The third-order valence-corrected chi connectivity index (χ3v) is 2.10. The molecule has 0 unspecified atom stereocenters. The topological polar surface area (TPSA) is 63.2 Å². The van der Waals surface area contributed by atoms with Crippen LogP contribution >= 0.6 is 0 Å². The molecule has 16 heavy (non-hydrogen) atoms. The zero-order valence-electron chi connectivity index (χ0n) is 10.0. The summed E-state index contributed by atoms with van der Waals surface area (Å²) in [4.78, 5) is 11.4. The minimum Gasteiger partial charge on any atom is -0.467 e. The first-order valence-electron chi connectivity index (χ1n) is 5.00. The molecule has 94 valence electrons. The molecule has 0 amide bonds. The van der Waals surface area contributed by atoms with E-state index >= 15 is 0 Å². The highest BCUT2D eigenvalue weighted by Gasteiger charge is 2.45. The summed E-state index contributed by atoms with van der Waals surface area (Å²) in [6.45, 7) is 3.84. The quantitative estimate of drug-likeness (QED) is 0.387. The Balaban J connectivity index is 2.54. The van der Waals surface area contributed by atoms with Crippen LogP contribution in [0, 0.1) is 0 Å². The second-order valence-electron chi connectivity index (χ2n) is 3.90. The van der Waals surface area contributed by atoms with Crippen molar-refractivity contribution in [3.63, 3.8) is 0 Å². The van der Waals surface area contributed by atoms with E-state index in [2.05, 4.69) is 4.74 Å². The maximum Gasteiger partial charge on any atom is 0.337 e. The Morgan fingerprint density at radius 3 is 2.56 bits per heavy atom. The van der Waals surface area contributed by atoms with Gasteiger partial charge >= 0.3 is 5.97 Å². The molecule has 1 aliphatic rings. The summed E-state index contributed by atoms with van der Waals surface area (Å²) in [7, 11) is 2.83.